The number of anilines is 2. The van der Waals surface area contributed by atoms with Crippen molar-refractivity contribution in [3.05, 3.63) is 54.2 Å². The van der Waals surface area contributed by atoms with Gasteiger partial charge in [-0.15, -0.1) is 0 Å². The van der Waals surface area contributed by atoms with Crippen LogP contribution in [-0.4, -0.2) is 23.5 Å². The lowest BCUT2D eigenvalue weighted by atomic mass is 10.2. The molecule has 1 saturated heterocycles. The van der Waals surface area contributed by atoms with Gasteiger partial charge in [0.2, 0.25) is 5.91 Å². The summed E-state index contributed by atoms with van der Waals surface area (Å²) in [6.07, 6.45) is 0.714. The molecule has 0 saturated carbocycles. The molecule has 21 heavy (non-hydrogen) atoms. The number of pyridine rings is 1. The molecule has 1 aromatic heterocycles. The van der Waals surface area contributed by atoms with Gasteiger partial charge in [-0.1, -0.05) is 24.3 Å². The normalized spacial score (nSPS) is 17.6. The summed E-state index contributed by atoms with van der Waals surface area (Å²) in [5.41, 5.74) is 1.25. The SMILES string of the molecule is N#Cc1cccc(NC2CCN(c3ccccc3)C2=O)n1. The van der Waals surface area contributed by atoms with Crippen LogP contribution in [0.25, 0.3) is 0 Å². The zero-order valence-corrected chi connectivity index (χ0v) is 11.4. The van der Waals surface area contributed by atoms with Gasteiger partial charge in [0.05, 0.1) is 0 Å². The molecule has 1 unspecified atom stereocenters. The van der Waals surface area contributed by atoms with Gasteiger partial charge >= 0.3 is 0 Å². The topological polar surface area (TPSA) is 69.0 Å². The zero-order valence-electron chi connectivity index (χ0n) is 11.4. The highest BCUT2D eigenvalue weighted by Gasteiger charge is 2.32. The maximum Gasteiger partial charge on any atom is 0.249 e. The number of hydrogen-bond donors (Lipinski definition) is 1. The third-order valence-electron chi connectivity index (χ3n) is 3.46. The van der Waals surface area contributed by atoms with Crippen LogP contribution in [0.15, 0.2) is 48.5 Å². The van der Waals surface area contributed by atoms with E-state index in [9.17, 15) is 4.79 Å². The van der Waals surface area contributed by atoms with E-state index < -0.39 is 0 Å². The van der Waals surface area contributed by atoms with Crippen LogP contribution >= 0.6 is 0 Å². The third kappa shape index (κ3) is 2.70. The summed E-state index contributed by atoms with van der Waals surface area (Å²) in [7, 11) is 0. The standard InChI is InChI=1S/C16H14N4O/c17-11-12-5-4-8-15(18-12)19-14-9-10-20(16(14)21)13-6-2-1-3-7-13/h1-8,14H,9-10H2,(H,18,19). The molecule has 1 N–H and O–H groups in total. The molecule has 1 fully saturated rings. The molecule has 2 aromatic rings. The van der Waals surface area contributed by atoms with Crippen molar-refractivity contribution < 1.29 is 4.79 Å². The predicted octanol–water partition coefficient (Wildman–Crippen LogP) is 2.17. The van der Waals surface area contributed by atoms with Gasteiger partial charge in [-0.05, 0) is 30.7 Å². The number of aromatic nitrogens is 1. The first-order chi connectivity index (χ1) is 10.3. The van der Waals surface area contributed by atoms with Gasteiger partial charge in [-0.3, -0.25) is 4.79 Å². The van der Waals surface area contributed by atoms with Crippen molar-refractivity contribution >= 4 is 17.4 Å². The highest BCUT2D eigenvalue weighted by Crippen LogP contribution is 2.22. The Morgan fingerprint density at radius 2 is 2.00 bits per heavy atom. The summed E-state index contributed by atoms with van der Waals surface area (Å²) < 4.78 is 0. The molecule has 5 nitrogen and oxygen atoms in total. The largest absolute Gasteiger partial charge is 0.358 e. The van der Waals surface area contributed by atoms with E-state index in [1.165, 1.54) is 0 Å². The van der Waals surface area contributed by atoms with Crippen molar-refractivity contribution in [1.29, 1.82) is 5.26 Å². The molecule has 3 rings (SSSR count). The number of rotatable bonds is 3. The summed E-state index contributed by atoms with van der Waals surface area (Å²) in [6.45, 7) is 0.679. The Kier molecular flexibility index (Phi) is 3.52. The van der Waals surface area contributed by atoms with Crippen LogP contribution in [0, 0.1) is 11.3 Å². The Labute approximate surface area is 122 Å². The molecular weight excluding hydrogens is 264 g/mol. The van der Waals surface area contributed by atoms with Crippen LogP contribution in [0.3, 0.4) is 0 Å². The minimum absolute atomic E-state index is 0.0327. The summed E-state index contributed by atoms with van der Waals surface area (Å²) in [5, 5.41) is 12.0. The summed E-state index contributed by atoms with van der Waals surface area (Å²) in [5.74, 6) is 0.590. The highest BCUT2D eigenvalue weighted by atomic mass is 16.2. The Balaban J connectivity index is 1.74. The van der Waals surface area contributed by atoms with Gasteiger partial charge in [-0.25, -0.2) is 4.98 Å². The van der Waals surface area contributed by atoms with Gasteiger partial charge < -0.3 is 10.2 Å². The number of benzene rings is 1. The second-order valence-electron chi connectivity index (χ2n) is 4.83. The van der Waals surface area contributed by atoms with Crippen molar-refractivity contribution in [2.45, 2.75) is 12.5 Å². The quantitative estimate of drug-likeness (QED) is 0.934. The Morgan fingerprint density at radius 3 is 2.76 bits per heavy atom. The highest BCUT2D eigenvalue weighted by molar-refractivity contribution is 6.00. The maximum atomic E-state index is 12.4. The van der Waals surface area contributed by atoms with Gasteiger partial charge in [0, 0.05) is 12.2 Å². The van der Waals surface area contributed by atoms with Crippen LogP contribution in [0.2, 0.25) is 0 Å². The minimum Gasteiger partial charge on any atom is -0.358 e. The maximum absolute atomic E-state index is 12.4. The van der Waals surface area contributed by atoms with E-state index in [4.69, 9.17) is 5.26 Å². The van der Waals surface area contributed by atoms with Crippen LogP contribution < -0.4 is 10.2 Å². The minimum atomic E-state index is -0.299. The van der Waals surface area contributed by atoms with Crippen LogP contribution in [0.1, 0.15) is 12.1 Å². The lowest BCUT2D eigenvalue weighted by molar-refractivity contribution is -0.117. The van der Waals surface area contributed by atoms with Crippen LogP contribution in [0.5, 0.6) is 0 Å². The summed E-state index contributed by atoms with van der Waals surface area (Å²) >= 11 is 0. The van der Waals surface area contributed by atoms with Gasteiger partial charge in [0.25, 0.3) is 0 Å². The Hall–Kier alpha value is -2.87. The predicted molar refractivity (Wildman–Crippen MR) is 79.8 cm³/mol. The first-order valence-electron chi connectivity index (χ1n) is 6.78. The second-order valence-corrected chi connectivity index (χ2v) is 4.83. The van der Waals surface area contributed by atoms with Gasteiger partial charge in [-0.2, -0.15) is 5.26 Å². The molecule has 1 amide bonds. The Bertz CT molecular complexity index is 693. The summed E-state index contributed by atoms with van der Waals surface area (Å²) in [4.78, 5) is 18.3. The third-order valence-corrected chi connectivity index (χ3v) is 3.46. The first kappa shape index (κ1) is 13.1. The molecule has 104 valence electrons. The van der Waals surface area contributed by atoms with E-state index in [1.54, 1.807) is 23.1 Å². The molecule has 1 atom stereocenters. The molecule has 0 aliphatic carbocycles. The smallest absolute Gasteiger partial charge is 0.249 e. The molecule has 0 spiro atoms. The number of amides is 1. The fourth-order valence-corrected chi connectivity index (χ4v) is 2.43. The number of hydrogen-bond acceptors (Lipinski definition) is 4. The van der Waals surface area contributed by atoms with E-state index in [2.05, 4.69) is 10.3 Å². The molecular formula is C16H14N4O. The average molecular weight is 278 g/mol. The first-order valence-corrected chi connectivity index (χ1v) is 6.78. The molecule has 1 aliphatic heterocycles. The monoisotopic (exact) mass is 278 g/mol. The van der Waals surface area contributed by atoms with E-state index in [0.29, 0.717) is 24.5 Å². The second kappa shape index (κ2) is 5.63. The molecule has 1 aromatic carbocycles. The van der Waals surface area contributed by atoms with Crippen molar-refractivity contribution in [3.63, 3.8) is 0 Å². The Morgan fingerprint density at radius 1 is 1.19 bits per heavy atom. The van der Waals surface area contributed by atoms with Crippen molar-refractivity contribution in [2.75, 3.05) is 16.8 Å². The fraction of sp³-hybridized carbons (Fsp3) is 0.188. The number of carbonyl (C=O) groups excluding carboxylic acids is 1. The van der Waals surface area contributed by atoms with Crippen LogP contribution in [-0.2, 0) is 4.79 Å². The van der Waals surface area contributed by atoms with Crippen molar-refractivity contribution in [3.8, 4) is 6.07 Å². The molecule has 5 heteroatoms. The van der Waals surface area contributed by atoms with E-state index in [0.717, 1.165) is 5.69 Å². The number of carbonyl (C=O) groups is 1. The summed E-state index contributed by atoms with van der Waals surface area (Å²) in [6, 6.07) is 16.5. The number of nitrogens with zero attached hydrogens (tertiary/aromatic N) is 3. The fourth-order valence-electron chi connectivity index (χ4n) is 2.43. The van der Waals surface area contributed by atoms with Gasteiger partial charge in [0.15, 0.2) is 0 Å². The van der Waals surface area contributed by atoms with E-state index in [1.807, 2.05) is 36.4 Å². The zero-order chi connectivity index (χ0) is 14.7. The number of nitriles is 1. The lowest BCUT2D eigenvalue weighted by Gasteiger charge is -2.17. The van der Waals surface area contributed by atoms with E-state index >= 15 is 0 Å². The number of para-hydroxylation sites is 1. The molecule has 1 aliphatic rings. The van der Waals surface area contributed by atoms with E-state index in [-0.39, 0.29) is 11.9 Å². The van der Waals surface area contributed by atoms with Gasteiger partial charge in [0.1, 0.15) is 23.6 Å². The van der Waals surface area contributed by atoms with Crippen molar-refractivity contribution in [2.24, 2.45) is 0 Å². The molecule has 2 heterocycles. The average Bonchev–Trinajstić information content (AvgIpc) is 2.89. The van der Waals surface area contributed by atoms with Crippen LogP contribution in [0.4, 0.5) is 11.5 Å². The van der Waals surface area contributed by atoms with Crippen molar-refractivity contribution in [1.82, 2.24) is 4.98 Å². The molecule has 0 radical (unpaired) electrons. The number of nitrogens with one attached hydrogen (secondary N) is 1. The molecule has 0 bridgehead atoms. The lowest BCUT2D eigenvalue weighted by Crippen LogP contribution is -2.33.